The maximum absolute atomic E-state index is 14.3. The van der Waals surface area contributed by atoms with E-state index >= 15 is 0 Å². The van der Waals surface area contributed by atoms with Gasteiger partial charge in [-0.2, -0.15) is 0 Å². The Morgan fingerprint density at radius 2 is 1.93 bits per heavy atom. The second kappa shape index (κ2) is 8.14. The molecule has 28 heavy (non-hydrogen) atoms. The molecule has 2 heterocycles. The first kappa shape index (κ1) is 20.1. The summed E-state index contributed by atoms with van der Waals surface area (Å²) in [5.41, 5.74) is -0.659. The first-order valence-corrected chi connectivity index (χ1v) is 9.31. The van der Waals surface area contributed by atoms with Crippen LogP contribution in [0.3, 0.4) is 0 Å². The number of likely N-dealkylation sites (tertiary alicyclic amines) is 1. The fourth-order valence-electron chi connectivity index (χ4n) is 3.57. The molecule has 150 valence electrons. The number of rotatable bonds is 5. The van der Waals surface area contributed by atoms with Crippen molar-refractivity contribution in [1.82, 2.24) is 10.2 Å². The molecule has 3 rings (SSSR count). The summed E-state index contributed by atoms with van der Waals surface area (Å²) in [4.78, 5) is 27.1. The molecule has 0 radical (unpaired) electrons. The normalized spacial score (nSPS) is 17.2. The van der Waals surface area contributed by atoms with Crippen molar-refractivity contribution in [3.05, 3.63) is 59.3 Å². The maximum Gasteiger partial charge on any atom is 0.259 e. The molecule has 0 spiro atoms. The predicted molar refractivity (Wildman–Crippen MR) is 101 cm³/mol. The van der Waals surface area contributed by atoms with Crippen LogP contribution in [0, 0.1) is 12.7 Å². The molecule has 1 fully saturated rings. The molecule has 0 saturated carbocycles. The molecule has 2 aromatic rings. The molecule has 1 atom stereocenters. The number of halogens is 1. The third-order valence-electron chi connectivity index (χ3n) is 5.43. The first-order chi connectivity index (χ1) is 13.4. The Kier molecular flexibility index (Phi) is 5.84. The standard InChI is InChI=1S/C21H25FN2O4/c1-14-16(10-13-28-14)19(25)23-15-8-11-24(12-9-15)20(26)21(2,27-3)17-6-4-5-7-18(17)22/h4-7,10,13,15H,8-9,11-12H2,1-3H3,(H,23,25). The van der Waals surface area contributed by atoms with Gasteiger partial charge >= 0.3 is 0 Å². The van der Waals surface area contributed by atoms with Crippen molar-refractivity contribution in [2.24, 2.45) is 0 Å². The van der Waals surface area contributed by atoms with Gasteiger partial charge in [0.15, 0.2) is 5.60 Å². The van der Waals surface area contributed by atoms with Crippen molar-refractivity contribution < 1.29 is 23.1 Å². The minimum Gasteiger partial charge on any atom is -0.469 e. The lowest BCUT2D eigenvalue weighted by atomic mass is 9.92. The lowest BCUT2D eigenvalue weighted by Crippen LogP contribution is -2.52. The molecule has 0 bridgehead atoms. The average Bonchev–Trinajstić information content (AvgIpc) is 3.14. The third kappa shape index (κ3) is 3.80. The van der Waals surface area contributed by atoms with Crippen LogP contribution < -0.4 is 5.32 Å². The number of ether oxygens (including phenoxy) is 1. The van der Waals surface area contributed by atoms with Crippen molar-refractivity contribution in [3.63, 3.8) is 0 Å². The minimum atomic E-state index is -1.39. The topological polar surface area (TPSA) is 71.8 Å². The highest BCUT2D eigenvalue weighted by Gasteiger charge is 2.41. The molecule has 1 aromatic heterocycles. The van der Waals surface area contributed by atoms with Crippen molar-refractivity contribution in [2.45, 2.75) is 38.3 Å². The summed E-state index contributed by atoms with van der Waals surface area (Å²) in [6.45, 7) is 4.25. The zero-order valence-corrected chi connectivity index (χ0v) is 16.3. The van der Waals surface area contributed by atoms with E-state index in [2.05, 4.69) is 5.32 Å². The zero-order valence-electron chi connectivity index (χ0n) is 16.3. The Balaban J connectivity index is 1.64. The number of carbonyl (C=O) groups is 2. The summed E-state index contributed by atoms with van der Waals surface area (Å²) in [7, 11) is 1.41. The Bertz CT molecular complexity index is 858. The number of carbonyl (C=O) groups excluding carboxylic acids is 2. The number of nitrogens with one attached hydrogen (secondary N) is 1. The van der Waals surface area contributed by atoms with Crippen LogP contribution in [-0.2, 0) is 15.1 Å². The quantitative estimate of drug-likeness (QED) is 0.855. The van der Waals surface area contributed by atoms with E-state index in [0.29, 0.717) is 37.3 Å². The fraction of sp³-hybridized carbons (Fsp3) is 0.429. The van der Waals surface area contributed by atoms with Crippen LogP contribution in [-0.4, -0.2) is 43.0 Å². The summed E-state index contributed by atoms with van der Waals surface area (Å²) in [5.74, 6) is -0.358. The number of nitrogens with zero attached hydrogens (tertiary/aromatic N) is 1. The van der Waals surface area contributed by atoms with Gasteiger partial charge in [-0.3, -0.25) is 9.59 Å². The van der Waals surface area contributed by atoms with E-state index in [1.54, 1.807) is 43.0 Å². The Morgan fingerprint density at radius 1 is 1.25 bits per heavy atom. The van der Waals surface area contributed by atoms with Crippen molar-refractivity contribution in [3.8, 4) is 0 Å². The van der Waals surface area contributed by atoms with Crippen molar-refractivity contribution in [1.29, 1.82) is 0 Å². The zero-order chi connectivity index (χ0) is 20.3. The van der Waals surface area contributed by atoms with Crippen LogP contribution >= 0.6 is 0 Å². The first-order valence-electron chi connectivity index (χ1n) is 9.31. The van der Waals surface area contributed by atoms with Gasteiger partial charge in [0.25, 0.3) is 11.8 Å². The number of furan rings is 1. The van der Waals surface area contributed by atoms with Gasteiger partial charge in [-0.1, -0.05) is 18.2 Å². The number of methoxy groups -OCH3 is 1. The maximum atomic E-state index is 14.3. The molecular formula is C21H25FN2O4. The molecule has 1 N–H and O–H groups in total. The van der Waals surface area contributed by atoms with Gasteiger partial charge in [0.05, 0.1) is 11.8 Å². The van der Waals surface area contributed by atoms with Gasteiger partial charge in [-0.05, 0) is 38.8 Å². The molecule has 7 heteroatoms. The predicted octanol–water partition coefficient (Wildman–Crippen LogP) is 3.01. The van der Waals surface area contributed by atoms with Gasteiger partial charge in [0.1, 0.15) is 11.6 Å². The summed E-state index contributed by atoms with van der Waals surface area (Å²) in [5, 5.41) is 2.99. The highest BCUT2D eigenvalue weighted by molar-refractivity contribution is 5.95. The number of hydrogen-bond acceptors (Lipinski definition) is 4. The Hall–Kier alpha value is -2.67. The van der Waals surface area contributed by atoms with Gasteiger partial charge < -0.3 is 19.4 Å². The molecule has 1 aliphatic rings. The van der Waals surface area contributed by atoms with Crippen LogP contribution in [0.5, 0.6) is 0 Å². The number of piperidine rings is 1. The highest BCUT2D eigenvalue weighted by Crippen LogP contribution is 2.30. The SMILES string of the molecule is COC(C)(C(=O)N1CCC(NC(=O)c2ccoc2C)CC1)c1ccccc1F. The summed E-state index contributed by atoms with van der Waals surface area (Å²) in [6, 6.07) is 7.75. The molecule has 6 nitrogen and oxygen atoms in total. The second-order valence-corrected chi connectivity index (χ2v) is 7.15. The molecule has 2 amide bonds. The van der Waals surface area contributed by atoms with Gasteiger partial charge in [0, 0.05) is 31.8 Å². The van der Waals surface area contributed by atoms with E-state index < -0.39 is 11.4 Å². The van der Waals surface area contributed by atoms with Gasteiger partial charge in [-0.15, -0.1) is 0 Å². The van der Waals surface area contributed by atoms with E-state index in [1.807, 2.05) is 0 Å². The average molecular weight is 388 g/mol. The molecule has 0 aliphatic carbocycles. The van der Waals surface area contributed by atoms with Crippen LogP contribution in [0.25, 0.3) is 0 Å². The van der Waals surface area contributed by atoms with E-state index in [9.17, 15) is 14.0 Å². The summed E-state index contributed by atoms with van der Waals surface area (Å²) < 4.78 is 24.9. The van der Waals surface area contributed by atoms with Crippen molar-refractivity contribution in [2.75, 3.05) is 20.2 Å². The molecular weight excluding hydrogens is 363 g/mol. The third-order valence-corrected chi connectivity index (χ3v) is 5.43. The number of aryl methyl sites for hydroxylation is 1. The van der Waals surface area contributed by atoms with Gasteiger partial charge in [-0.25, -0.2) is 4.39 Å². The van der Waals surface area contributed by atoms with Crippen molar-refractivity contribution >= 4 is 11.8 Å². The molecule has 1 saturated heterocycles. The number of hydrogen-bond donors (Lipinski definition) is 1. The smallest absolute Gasteiger partial charge is 0.259 e. The van der Waals surface area contributed by atoms with Crippen LogP contribution in [0.15, 0.2) is 41.0 Å². The van der Waals surface area contributed by atoms with Crippen LogP contribution in [0.4, 0.5) is 4.39 Å². The summed E-state index contributed by atoms with van der Waals surface area (Å²) >= 11 is 0. The molecule has 1 aromatic carbocycles. The van der Waals surface area contributed by atoms with Gasteiger partial charge in [0.2, 0.25) is 0 Å². The minimum absolute atomic E-state index is 0.0342. The number of benzene rings is 1. The van der Waals surface area contributed by atoms with E-state index in [1.165, 1.54) is 19.4 Å². The van der Waals surface area contributed by atoms with Crippen LogP contribution in [0.1, 0.15) is 41.4 Å². The fourth-order valence-corrected chi connectivity index (χ4v) is 3.57. The Morgan fingerprint density at radius 3 is 2.50 bits per heavy atom. The lowest BCUT2D eigenvalue weighted by Gasteiger charge is -2.38. The Labute approximate surface area is 163 Å². The van der Waals surface area contributed by atoms with E-state index in [0.717, 1.165) is 0 Å². The number of amides is 2. The lowest BCUT2D eigenvalue weighted by molar-refractivity contribution is -0.155. The molecule has 1 aliphatic heterocycles. The summed E-state index contributed by atoms with van der Waals surface area (Å²) in [6.07, 6.45) is 2.72. The second-order valence-electron chi connectivity index (χ2n) is 7.15. The highest BCUT2D eigenvalue weighted by atomic mass is 19.1. The van der Waals surface area contributed by atoms with E-state index in [-0.39, 0.29) is 23.4 Å². The van der Waals surface area contributed by atoms with Crippen LogP contribution in [0.2, 0.25) is 0 Å². The van der Waals surface area contributed by atoms with E-state index in [4.69, 9.17) is 9.15 Å². The molecule has 1 unspecified atom stereocenters. The largest absolute Gasteiger partial charge is 0.469 e. The monoisotopic (exact) mass is 388 g/mol.